The molecule has 1 atom stereocenters. The Kier molecular flexibility index (Phi) is 4.49. The van der Waals surface area contributed by atoms with Crippen LogP contribution in [0.15, 0.2) is 12.4 Å². The molecule has 1 unspecified atom stereocenters. The molecule has 1 aliphatic heterocycles. The zero-order valence-corrected chi connectivity index (χ0v) is 11.2. The monoisotopic (exact) mass is 250 g/mol. The van der Waals surface area contributed by atoms with Crippen molar-refractivity contribution in [3.63, 3.8) is 0 Å². The quantitative estimate of drug-likeness (QED) is 0.863. The molecule has 5 heteroatoms. The molecule has 0 spiro atoms. The third-order valence-corrected chi connectivity index (χ3v) is 3.50. The summed E-state index contributed by atoms with van der Waals surface area (Å²) < 4.78 is 0. The molecular weight excluding hydrogens is 228 g/mol. The average molecular weight is 250 g/mol. The van der Waals surface area contributed by atoms with E-state index in [4.69, 9.17) is 5.11 Å². The van der Waals surface area contributed by atoms with Crippen LogP contribution in [-0.2, 0) is 6.61 Å². The van der Waals surface area contributed by atoms with Gasteiger partial charge in [0.2, 0.25) is 0 Å². The van der Waals surface area contributed by atoms with Crippen molar-refractivity contribution in [3.8, 4) is 0 Å². The van der Waals surface area contributed by atoms with Crippen molar-refractivity contribution in [1.29, 1.82) is 0 Å². The summed E-state index contributed by atoms with van der Waals surface area (Å²) in [5.74, 6) is 0.892. The van der Waals surface area contributed by atoms with Crippen LogP contribution in [0.1, 0.15) is 25.5 Å². The summed E-state index contributed by atoms with van der Waals surface area (Å²) in [7, 11) is 2.17. The molecule has 0 bridgehead atoms. The smallest absolute Gasteiger partial charge is 0.147 e. The van der Waals surface area contributed by atoms with Crippen LogP contribution in [0, 0.1) is 0 Å². The van der Waals surface area contributed by atoms with Gasteiger partial charge in [-0.3, -0.25) is 4.98 Å². The molecule has 2 heterocycles. The first-order valence-corrected chi connectivity index (χ1v) is 6.61. The lowest BCUT2D eigenvalue weighted by molar-refractivity contribution is 0.276. The minimum atomic E-state index is -0.0502. The van der Waals surface area contributed by atoms with Crippen molar-refractivity contribution >= 4 is 5.82 Å². The minimum absolute atomic E-state index is 0.0502. The zero-order valence-electron chi connectivity index (χ0n) is 11.2. The predicted molar refractivity (Wildman–Crippen MR) is 71.5 cm³/mol. The molecule has 1 fully saturated rings. The van der Waals surface area contributed by atoms with Gasteiger partial charge < -0.3 is 14.9 Å². The standard InChI is InChI=1S/C13H22N4O/c1-3-12-9-16(2)5-4-6-17(12)13-8-14-7-11(10-18)15-13/h7-8,12,18H,3-6,9-10H2,1-2H3. The molecule has 18 heavy (non-hydrogen) atoms. The fourth-order valence-corrected chi connectivity index (χ4v) is 2.50. The number of nitrogens with zero attached hydrogens (tertiary/aromatic N) is 4. The van der Waals surface area contributed by atoms with E-state index in [9.17, 15) is 0 Å². The molecule has 1 aromatic heterocycles. The molecule has 5 nitrogen and oxygen atoms in total. The summed E-state index contributed by atoms with van der Waals surface area (Å²) in [6, 6.07) is 0.473. The van der Waals surface area contributed by atoms with Gasteiger partial charge in [-0.05, 0) is 26.4 Å². The van der Waals surface area contributed by atoms with Crippen LogP contribution < -0.4 is 4.90 Å². The third kappa shape index (κ3) is 2.97. The van der Waals surface area contributed by atoms with Crippen molar-refractivity contribution in [1.82, 2.24) is 14.9 Å². The topological polar surface area (TPSA) is 52.5 Å². The number of anilines is 1. The van der Waals surface area contributed by atoms with E-state index in [1.54, 1.807) is 12.4 Å². The third-order valence-electron chi connectivity index (χ3n) is 3.50. The SMILES string of the molecule is CCC1CN(C)CCCN1c1cncc(CO)n1. The van der Waals surface area contributed by atoms with Gasteiger partial charge in [-0.15, -0.1) is 0 Å². The maximum Gasteiger partial charge on any atom is 0.147 e. The van der Waals surface area contributed by atoms with E-state index in [1.165, 1.54) is 0 Å². The first-order chi connectivity index (χ1) is 8.74. The maximum atomic E-state index is 9.15. The first-order valence-electron chi connectivity index (χ1n) is 6.61. The van der Waals surface area contributed by atoms with Gasteiger partial charge >= 0.3 is 0 Å². The number of aliphatic hydroxyl groups is 1. The lowest BCUT2D eigenvalue weighted by Crippen LogP contribution is -2.40. The number of hydrogen-bond donors (Lipinski definition) is 1. The van der Waals surface area contributed by atoms with E-state index in [-0.39, 0.29) is 6.61 Å². The Labute approximate surface area is 108 Å². The first kappa shape index (κ1) is 13.2. The van der Waals surface area contributed by atoms with E-state index < -0.39 is 0 Å². The Morgan fingerprint density at radius 2 is 2.22 bits per heavy atom. The van der Waals surface area contributed by atoms with E-state index >= 15 is 0 Å². The van der Waals surface area contributed by atoms with Gasteiger partial charge in [0, 0.05) is 19.1 Å². The van der Waals surface area contributed by atoms with Crippen LogP contribution in [0.5, 0.6) is 0 Å². The van der Waals surface area contributed by atoms with E-state index in [2.05, 4.69) is 33.7 Å². The van der Waals surface area contributed by atoms with Crippen molar-refractivity contribution in [2.45, 2.75) is 32.4 Å². The molecule has 1 N–H and O–H groups in total. The van der Waals surface area contributed by atoms with Crippen LogP contribution in [0.4, 0.5) is 5.82 Å². The van der Waals surface area contributed by atoms with Gasteiger partial charge in [-0.25, -0.2) is 4.98 Å². The summed E-state index contributed by atoms with van der Waals surface area (Å²) in [6.07, 6.45) is 5.65. The van der Waals surface area contributed by atoms with Crippen LogP contribution in [0.2, 0.25) is 0 Å². The Hall–Kier alpha value is -1.20. The van der Waals surface area contributed by atoms with Crippen molar-refractivity contribution in [2.75, 3.05) is 31.6 Å². The van der Waals surface area contributed by atoms with Crippen LogP contribution in [-0.4, -0.2) is 52.7 Å². The predicted octanol–water partition coefficient (Wildman–Crippen LogP) is 0.889. The van der Waals surface area contributed by atoms with Gasteiger partial charge in [0.25, 0.3) is 0 Å². The molecule has 1 aliphatic rings. The largest absolute Gasteiger partial charge is 0.390 e. The molecule has 1 aromatic rings. The molecule has 0 amide bonds. The molecule has 2 rings (SSSR count). The highest BCUT2D eigenvalue weighted by molar-refractivity contribution is 5.38. The average Bonchev–Trinajstić information content (AvgIpc) is 2.60. The molecule has 0 aliphatic carbocycles. The van der Waals surface area contributed by atoms with Crippen LogP contribution in [0.3, 0.4) is 0 Å². The highest BCUT2D eigenvalue weighted by Gasteiger charge is 2.23. The van der Waals surface area contributed by atoms with E-state index in [0.717, 1.165) is 38.3 Å². The summed E-state index contributed by atoms with van der Waals surface area (Å²) >= 11 is 0. The maximum absolute atomic E-state index is 9.15. The fraction of sp³-hybridized carbons (Fsp3) is 0.692. The molecule has 100 valence electrons. The summed E-state index contributed by atoms with van der Waals surface area (Å²) in [5.41, 5.74) is 0.639. The lowest BCUT2D eigenvalue weighted by atomic mass is 10.2. The normalized spacial score (nSPS) is 21.9. The highest BCUT2D eigenvalue weighted by atomic mass is 16.3. The number of aliphatic hydroxyl groups excluding tert-OH is 1. The van der Waals surface area contributed by atoms with Crippen molar-refractivity contribution in [2.24, 2.45) is 0 Å². The van der Waals surface area contributed by atoms with Crippen molar-refractivity contribution in [3.05, 3.63) is 18.1 Å². The second-order valence-corrected chi connectivity index (χ2v) is 4.90. The van der Waals surface area contributed by atoms with Crippen molar-refractivity contribution < 1.29 is 5.11 Å². The fourth-order valence-electron chi connectivity index (χ4n) is 2.50. The molecule has 0 saturated carbocycles. The molecule has 0 radical (unpaired) electrons. The summed E-state index contributed by atoms with van der Waals surface area (Å²) in [6.45, 7) is 5.35. The molecule has 0 aromatic carbocycles. The Bertz CT molecular complexity index is 385. The summed E-state index contributed by atoms with van der Waals surface area (Å²) in [4.78, 5) is 13.3. The number of aromatic nitrogens is 2. The summed E-state index contributed by atoms with van der Waals surface area (Å²) in [5, 5.41) is 9.15. The van der Waals surface area contributed by atoms with E-state index in [0.29, 0.717) is 11.7 Å². The van der Waals surface area contributed by atoms with Crippen LogP contribution >= 0.6 is 0 Å². The number of hydrogen-bond acceptors (Lipinski definition) is 5. The number of likely N-dealkylation sites (N-methyl/N-ethyl adjacent to an activating group) is 1. The molecular formula is C13H22N4O. The lowest BCUT2D eigenvalue weighted by Gasteiger charge is -2.31. The van der Waals surface area contributed by atoms with Gasteiger partial charge in [0.1, 0.15) is 5.82 Å². The van der Waals surface area contributed by atoms with Gasteiger partial charge in [0.05, 0.1) is 24.7 Å². The highest BCUT2D eigenvalue weighted by Crippen LogP contribution is 2.19. The molecule has 1 saturated heterocycles. The Balaban J connectivity index is 2.22. The Morgan fingerprint density at radius 1 is 1.39 bits per heavy atom. The van der Waals surface area contributed by atoms with Gasteiger partial charge in [-0.1, -0.05) is 6.92 Å². The Morgan fingerprint density at radius 3 is 2.94 bits per heavy atom. The second-order valence-electron chi connectivity index (χ2n) is 4.90. The zero-order chi connectivity index (χ0) is 13.0. The van der Waals surface area contributed by atoms with Gasteiger partial charge in [-0.2, -0.15) is 0 Å². The van der Waals surface area contributed by atoms with E-state index in [1.807, 2.05) is 0 Å². The second kappa shape index (κ2) is 6.11. The minimum Gasteiger partial charge on any atom is -0.390 e. The number of rotatable bonds is 3. The van der Waals surface area contributed by atoms with Crippen LogP contribution in [0.25, 0.3) is 0 Å². The van der Waals surface area contributed by atoms with Gasteiger partial charge in [0.15, 0.2) is 0 Å².